The van der Waals surface area contributed by atoms with Gasteiger partial charge in [0.15, 0.2) is 0 Å². The molecule has 0 fully saturated rings. The summed E-state index contributed by atoms with van der Waals surface area (Å²) in [5, 5.41) is 0.697. The molecule has 0 aliphatic carbocycles. The largest absolute Gasteiger partial charge is 0.522 e. The van der Waals surface area contributed by atoms with Crippen LogP contribution in [0.4, 0.5) is 13.2 Å². The van der Waals surface area contributed by atoms with Gasteiger partial charge in [0.1, 0.15) is 0 Å². The third-order valence-electron chi connectivity index (χ3n) is 2.05. The molecule has 0 unspecified atom stereocenters. The van der Waals surface area contributed by atoms with E-state index in [-0.39, 0.29) is 18.7 Å². The first-order valence-corrected chi connectivity index (χ1v) is 5.29. The van der Waals surface area contributed by atoms with Crippen LogP contribution >= 0.6 is 15.9 Å². The summed E-state index contributed by atoms with van der Waals surface area (Å²) in [6.45, 7) is 3.79. The summed E-state index contributed by atoms with van der Waals surface area (Å²) in [5.41, 5.74) is -0.172. The fourth-order valence-corrected chi connectivity index (χ4v) is 1.13. The van der Waals surface area contributed by atoms with Gasteiger partial charge < -0.3 is 0 Å². The van der Waals surface area contributed by atoms with Crippen molar-refractivity contribution in [2.45, 2.75) is 25.7 Å². The third-order valence-corrected chi connectivity index (χ3v) is 3.43. The Labute approximate surface area is 90.5 Å². The fourth-order valence-electron chi connectivity index (χ4n) is 0.703. The van der Waals surface area contributed by atoms with E-state index in [4.69, 9.17) is 0 Å². The Morgan fingerprint density at radius 1 is 1.29 bits per heavy atom. The van der Waals surface area contributed by atoms with E-state index in [0.29, 0.717) is 5.33 Å². The van der Waals surface area contributed by atoms with E-state index in [9.17, 15) is 13.2 Å². The highest BCUT2D eigenvalue weighted by Crippen LogP contribution is 2.18. The van der Waals surface area contributed by atoms with E-state index in [0.717, 1.165) is 0 Å². The molecule has 0 aromatic carbocycles. The second kappa shape index (κ2) is 5.32. The molecular formula is C8H15BrF3NO. The first-order chi connectivity index (χ1) is 6.19. The van der Waals surface area contributed by atoms with Gasteiger partial charge in [0.2, 0.25) is 0 Å². The zero-order valence-electron chi connectivity index (χ0n) is 8.49. The third kappa shape index (κ3) is 5.82. The molecule has 0 aliphatic heterocycles. The minimum absolute atomic E-state index is 0.172. The van der Waals surface area contributed by atoms with E-state index < -0.39 is 6.36 Å². The smallest absolute Gasteiger partial charge is 0.298 e. The van der Waals surface area contributed by atoms with Crippen LogP contribution < -0.4 is 0 Å². The molecule has 0 aromatic rings. The maximum atomic E-state index is 11.6. The zero-order valence-corrected chi connectivity index (χ0v) is 10.1. The molecule has 0 amide bonds. The summed E-state index contributed by atoms with van der Waals surface area (Å²) >= 11 is 3.30. The van der Waals surface area contributed by atoms with Crippen molar-refractivity contribution in [1.82, 2.24) is 4.90 Å². The standard InChI is InChI=1S/C8H15BrF3NO/c1-7(2,6-9)13(3)4-5-14-8(10,11)12/h4-6H2,1-3H3. The van der Waals surface area contributed by atoms with Crippen molar-refractivity contribution in [1.29, 1.82) is 0 Å². The molecule has 0 N–H and O–H groups in total. The van der Waals surface area contributed by atoms with E-state index in [2.05, 4.69) is 20.7 Å². The predicted octanol–water partition coefficient (Wildman–Crippen LogP) is 2.63. The van der Waals surface area contributed by atoms with Crippen LogP contribution in [0, 0.1) is 0 Å². The van der Waals surface area contributed by atoms with Crippen LogP contribution in [0.15, 0.2) is 0 Å². The average molecular weight is 278 g/mol. The zero-order chi connectivity index (χ0) is 11.4. The van der Waals surface area contributed by atoms with Gasteiger partial charge in [-0.3, -0.25) is 9.64 Å². The van der Waals surface area contributed by atoms with Crippen LogP contribution in [-0.2, 0) is 4.74 Å². The Morgan fingerprint density at radius 2 is 1.79 bits per heavy atom. The van der Waals surface area contributed by atoms with Crippen molar-refractivity contribution in [3.63, 3.8) is 0 Å². The van der Waals surface area contributed by atoms with Gasteiger partial charge in [-0.25, -0.2) is 0 Å². The SMILES string of the molecule is CN(CCOC(F)(F)F)C(C)(C)CBr. The molecule has 6 heteroatoms. The maximum absolute atomic E-state index is 11.6. The summed E-state index contributed by atoms with van der Waals surface area (Å²) in [6.07, 6.45) is -4.53. The van der Waals surface area contributed by atoms with Crippen LogP contribution in [0.1, 0.15) is 13.8 Å². The molecule has 0 saturated heterocycles. The molecule has 0 aromatic heterocycles. The molecule has 0 saturated carbocycles. The van der Waals surface area contributed by atoms with E-state index >= 15 is 0 Å². The highest BCUT2D eigenvalue weighted by Gasteiger charge is 2.29. The first kappa shape index (κ1) is 14.2. The lowest BCUT2D eigenvalue weighted by Gasteiger charge is -2.33. The highest BCUT2D eigenvalue weighted by atomic mass is 79.9. The molecule has 14 heavy (non-hydrogen) atoms. The Morgan fingerprint density at radius 3 is 2.14 bits per heavy atom. The lowest BCUT2D eigenvalue weighted by atomic mass is 10.1. The summed E-state index contributed by atoms with van der Waals surface area (Å²) < 4.78 is 38.6. The van der Waals surface area contributed by atoms with E-state index in [1.165, 1.54) is 0 Å². The van der Waals surface area contributed by atoms with Crippen LogP contribution in [-0.4, -0.2) is 42.3 Å². The second-order valence-electron chi connectivity index (χ2n) is 3.66. The number of nitrogens with zero attached hydrogens (tertiary/aromatic N) is 1. The Bertz CT molecular complexity index is 172. The molecular weight excluding hydrogens is 263 g/mol. The molecule has 0 spiro atoms. The minimum Gasteiger partial charge on any atom is -0.298 e. The molecule has 0 rings (SSSR count). The van der Waals surface area contributed by atoms with Crippen molar-refractivity contribution < 1.29 is 17.9 Å². The number of likely N-dealkylation sites (N-methyl/N-ethyl adjacent to an activating group) is 1. The van der Waals surface area contributed by atoms with Crippen molar-refractivity contribution in [2.24, 2.45) is 0 Å². The van der Waals surface area contributed by atoms with Gasteiger partial charge in [-0.15, -0.1) is 13.2 Å². The van der Waals surface area contributed by atoms with Crippen LogP contribution in [0.25, 0.3) is 0 Å². The molecule has 0 heterocycles. The van der Waals surface area contributed by atoms with Gasteiger partial charge in [-0.1, -0.05) is 15.9 Å². The fraction of sp³-hybridized carbons (Fsp3) is 1.00. The molecule has 86 valence electrons. The summed E-state index contributed by atoms with van der Waals surface area (Å²) in [5.74, 6) is 0. The molecule has 2 nitrogen and oxygen atoms in total. The van der Waals surface area contributed by atoms with Gasteiger partial charge in [-0.2, -0.15) is 0 Å². The highest BCUT2D eigenvalue weighted by molar-refractivity contribution is 9.09. The monoisotopic (exact) mass is 277 g/mol. The van der Waals surface area contributed by atoms with Crippen LogP contribution in [0.5, 0.6) is 0 Å². The van der Waals surface area contributed by atoms with Gasteiger partial charge in [0.05, 0.1) is 6.61 Å². The Hall–Kier alpha value is 0.190. The summed E-state index contributed by atoms with van der Waals surface area (Å²) in [6, 6.07) is 0. The second-order valence-corrected chi connectivity index (χ2v) is 4.22. The quantitative estimate of drug-likeness (QED) is 0.717. The summed E-state index contributed by atoms with van der Waals surface area (Å²) in [4.78, 5) is 1.81. The molecule has 0 aliphatic rings. The van der Waals surface area contributed by atoms with E-state index in [1.807, 2.05) is 18.7 Å². The molecule has 0 radical (unpaired) electrons. The lowest BCUT2D eigenvalue weighted by molar-refractivity contribution is -0.325. The number of alkyl halides is 4. The van der Waals surface area contributed by atoms with Gasteiger partial charge in [0.25, 0.3) is 0 Å². The summed E-state index contributed by atoms with van der Waals surface area (Å²) in [7, 11) is 1.76. The van der Waals surface area contributed by atoms with Crippen molar-refractivity contribution in [2.75, 3.05) is 25.5 Å². The Balaban J connectivity index is 3.80. The number of ether oxygens (including phenoxy) is 1. The minimum atomic E-state index is -4.53. The van der Waals surface area contributed by atoms with Crippen molar-refractivity contribution in [3.05, 3.63) is 0 Å². The predicted molar refractivity (Wildman–Crippen MR) is 52.5 cm³/mol. The number of hydrogen-bond donors (Lipinski definition) is 0. The molecule has 0 bridgehead atoms. The lowest BCUT2D eigenvalue weighted by Crippen LogP contribution is -2.44. The normalized spacial score (nSPS) is 13.7. The van der Waals surface area contributed by atoms with Gasteiger partial charge in [-0.05, 0) is 20.9 Å². The average Bonchev–Trinajstić information content (AvgIpc) is 2.02. The van der Waals surface area contributed by atoms with E-state index in [1.54, 1.807) is 7.05 Å². The van der Waals surface area contributed by atoms with Crippen molar-refractivity contribution >= 4 is 15.9 Å². The number of halogens is 4. The van der Waals surface area contributed by atoms with Crippen LogP contribution in [0.3, 0.4) is 0 Å². The van der Waals surface area contributed by atoms with Gasteiger partial charge in [0, 0.05) is 17.4 Å². The van der Waals surface area contributed by atoms with Gasteiger partial charge >= 0.3 is 6.36 Å². The first-order valence-electron chi connectivity index (χ1n) is 4.17. The Kier molecular flexibility index (Phi) is 5.39. The topological polar surface area (TPSA) is 12.5 Å². The molecule has 0 atom stereocenters. The maximum Gasteiger partial charge on any atom is 0.522 e. The van der Waals surface area contributed by atoms with Crippen LogP contribution in [0.2, 0.25) is 0 Å². The number of hydrogen-bond acceptors (Lipinski definition) is 2. The number of rotatable bonds is 5. The van der Waals surface area contributed by atoms with Crippen molar-refractivity contribution in [3.8, 4) is 0 Å².